The Kier molecular flexibility index (Phi) is 4.05. The fourth-order valence-corrected chi connectivity index (χ4v) is 1.74. The zero-order chi connectivity index (χ0) is 14.5. The first-order chi connectivity index (χ1) is 9.60. The number of carbonyl (C=O) groups is 2. The zero-order valence-electron chi connectivity index (χ0n) is 10.8. The number of benzene rings is 1. The van der Waals surface area contributed by atoms with Gasteiger partial charge >= 0.3 is 5.97 Å². The minimum absolute atomic E-state index is 0.356. The Balaban J connectivity index is 2.33. The molecule has 2 N–H and O–H groups in total. The molecule has 6 nitrogen and oxygen atoms in total. The summed E-state index contributed by atoms with van der Waals surface area (Å²) in [5.74, 6) is -0.903. The van der Waals surface area contributed by atoms with E-state index in [0.29, 0.717) is 17.1 Å². The number of anilines is 1. The van der Waals surface area contributed by atoms with Gasteiger partial charge in [0.15, 0.2) is 5.78 Å². The molecule has 2 aromatic rings. The molecule has 0 amide bonds. The molecule has 0 radical (unpaired) electrons. The third-order valence-corrected chi connectivity index (χ3v) is 2.72. The second-order valence-corrected chi connectivity index (χ2v) is 4.11. The molecule has 2 rings (SSSR count). The van der Waals surface area contributed by atoms with Gasteiger partial charge in [0.05, 0.1) is 5.69 Å². The molecule has 0 aliphatic heterocycles. The van der Waals surface area contributed by atoms with Gasteiger partial charge in [-0.05, 0) is 6.07 Å². The van der Waals surface area contributed by atoms with Gasteiger partial charge in [0.2, 0.25) is 0 Å². The third kappa shape index (κ3) is 3.17. The number of hydrogen-bond donors (Lipinski definition) is 2. The maximum Gasteiger partial charge on any atom is 0.311 e. The molecular weight excluding hydrogens is 258 g/mol. The van der Waals surface area contributed by atoms with Gasteiger partial charge in [-0.15, -0.1) is 0 Å². The number of Topliss-reactive ketones (excluding diaryl/α,β-unsaturated/α-hetero) is 1. The molecule has 0 aliphatic carbocycles. The van der Waals surface area contributed by atoms with Gasteiger partial charge in [-0.3, -0.25) is 9.59 Å². The number of aliphatic carboxylic acids is 1. The number of rotatable bonds is 5. The number of carboxylic acids is 1. The third-order valence-electron chi connectivity index (χ3n) is 2.72. The maximum atomic E-state index is 11.7. The van der Waals surface area contributed by atoms with E-state index in [4.69, 9.17) is 5.11 Å². The summed E-state index contributed by atoms with van der Waals surface area (Å²) < 4.78 is 0. The minimum Gasteiger partial charge on any atom is -0.481 e. The molecule has 0 spiro atoms. The summed E-state index contributed by atoms with van der Waals surface area (Å²) in [7, 11) is 1.75. The highest BCUT2D eigenvalue weighted by molar-refractivity contribution is 6.06. The van der Waals surface area contributed by atoms with E-state index in [-0.39, 0.29) is 0 Å². The predicted molar refractivity (Wildman–Crippen MR) is 73.6 cm³/mol. The lowest BCUT2D eigenvalue weighted by atomic mass is 10.0. The van der Waals surface area contributed by atoms with Crippen LogP contribution in [0.2, 0.25) is 0 Å². The van der Waals surface area contributed by atoms with E-state index in [1.165, 1.54) is 6.33 Å². The van der Waals surface area contributed by atoms with Crippen LogP contribution in [0.25, 0.3) is 11.3 Å². The van der Waals surface area contributed by atoms with Crippen LogP contribution in [0.15, 0.2) is 36.7 Å². The van der Waals surface area contributed by atoms with Gasteiger partial charge in [0, 0.05) is 24.2 Å². The normalized spacial score (nSPS) is 10.1. The molecule has 20 heavy (non-hydrogen) atoms. The molecule has 1 aromatic carbocycles. The molecule has 0 saturated heterocycles. The van der Waals surface area contributed by atoms with Gasteiger partial charge in [-0.25, -0.2) is 9.97 Å². The number of carbonyl (C=O) groups excluding carboxylic acids is 1. The van der Waals surface area contributed by atoms with Crippen molar-refractivity contribution in [3.05, 3.63) is 42.2 Å². The molecule has 0 saturated carbocycles. The Morgan fingerprint density at radius 2 is 2.05 bits per heavy atom. The Labute approximate surface area is 115 Å². The topological polar surface area (TPSA) is 92.2 Å². The summed E-state index contributed by atoms with van der Waals surface area (Å²) in [6.45, 7) is 0. The van der Waals surface area contributed by atoms with Crippen molar-refractivity contribution in [2.75, 3.05) is 12.4 Å². The fraction of sp³-hybridized carbons (Fsp3) is 0.143. The largest absolute Gasteiger partial charge is 0.481 e. The Morgan fingerprint density at radius 3 is 2.75 bits per heavy atom. The van der Waals surface area contributed by atoms with E-state index >= 15 is 0 Å². The molecule has 1 aromatic heterocycles. The van der Waals surface area contributed by atoms with E-state index in [0.717, 1.165) is 5.56 Å². The molecule has 0 atom stereocenters. The van der Waals surface area contributed by atoms with Crippen LogP contribution < -0.4 is 5.32 Å². The highest BCUT2D eigenvalue weighted by atomic mass is 16.4. The number of hydrogen-bond acceptors (Lipinski definition) is 5. The molecule has 0 aliphatic rings. The van der Waals surface area contributed by atoms with Crippen LogP contribution in [0.3, 0.4) is 0 Å². The summed E-state index contributed by atoms with van der Waals surface area (Å²) in [4.78, 5) is 30.5. The predicted octanol–water partition coefficient (Wildman–Crippen LogP) is 1.84. The summed E-state index contributed by atoms with van der Waals surface area (Å²) >= 11 is 0. The smallest absolute Gasteiger partial charge is 0.311 e. The number of carboxylic acid groups (broad SMARTS) is 1. The van der Waals surface area contributed by atoms with Crippen LogP contribution in [0.1, 0.15) is 16.8 Å². The standard InChI is InChI=1S/C14H13N3O3/c1-15-13-6-11(16-8-17-13)9-3-2-4-10(5-9)12(18)7-14(19)20/h2-6,8H,7H2,1H3,(H,19,20)(H,15,16,17). The average molecular weight is 271 g/mol. The second-order valence-electron chi connectivity index (χ2n) is 4.11. The van der Waals surface area contributed by atoms with Gasteiger partial charge < -0.3 is 10.4 Å². The van der Waals surface area contributed by atoms with Crippen LogP contribution >= 0.6 is 0 Å². The second kappa shape index (κ2) is 5.92. The van der Waals surface area contributed by atoms with Gasteiger partial charge in [0.25, 0.3) is 0 Å². The van der Waals surface area contributed by atoms with E-state index < -0.39 is 18.2 Å². The molecule has 0 bridgehead atoms. The lowest BCUT2D eigenvalue weighted by Crippen LogP contribution is -2.07. The summed E-state index contributed by atoms with van der Waals surface area (Å²) in [6, 6.07) is 8.48. The molecule has 6 heteroatoms. The lowest BCUT2D eigenvalue weighted by molar-refractivity contribution is -0.135. The summed E-state index contributed by atoms with van der Waals surface area (Å²) in [5, 5.41) is 11.6. The Hall–Kier alpha value is -2.76. The van der Waals surface area contributed by atoms with Crippen molar-refractivity contribution >= 4 is 17.6 Å². The van der Waals surface area contributed by atoms with Crippen LogP contribution in [0.5, 0.6) is 0 Å². The van der Waals surface area contributed by atoms with E-state index in [9.17, 15) is 9.59 Å². The first-order valence-electron chi connectivity index (χ1n) is 5.95. The van der Waals surface area contributed by atoms with Gasteiger partial charge in [-0.1, -0.05) is 18.2 Å². The van der Waals surface area contributed by atoms with Crippen molar-refractivity contribution in [2.24, 2.45) is 0 Å². The van der Waals surface area contributed by atoms with Crippen molar-refractivity contribution in [1.82, 2.24) is 9.97 Å². The summed E-state index contributed by atoms with van der Waals surface area (Å²) in [6.07, 6.45) is 0.905. The van der Waals surface area contributed by atoms with Crippen LogP contribution in [-0.2, 0) is 4.79 Å². The number of nitrogens with one attached hydrogen (secondary N) is 1. The Morgan fingerprint density at radius 1 is 1.25 bits per heavy atom. The first-order valence-corrected chi connectivity index (χ1v) is 5.95. The van der Waals surface area contributed by atoms with Crippen LogP contribution in [0.4, 0.5) is 5.82 Å². The molecule has 0 fully saturated rings. The molecule has 102 valence electrons. The van der Waals surface area contributed by atoms with E-state index in [2.05, 4.69) is 15.3 Å². The Bertz CT molecular complexity index is 656. The van der Waals surface area contributed by atoms with Crippen molar-refractivity contribution in [3.63, 3.8) is 0 Å². The van der Waals surface area contributed by atoms with Crippen molar-refractivity contribution in [1.29, 1.82) is 0 Å². The fourth-order valence-electron chi connectivity index (χ4n) is 1.74. The van der Waals surface area contributed by atoms with Crippen molar-refractivity contribution < 1.29 is 14.7 Å². The highest BCUT2D eigenvalue weighted by Crippen LogP contribution is 2.20. The van der Waals surface area contributed by atoms with Crippen LogP contribution in [-0.4, -0.2) is 33.9 Å². The molecule has 0 unspecified atom stereocenters. The number of aromatic nitrogens is 2. The lowest BCUT2D eigenvalue weighted by Gasteiger charge is -2.05. The minimum atomic E-state index is -1.14. The van der Waals surface area contributed by atoms with E-state index in [1.54, 1.807) is 37.4 Å². The van der Waals surface area contributed by atoms with E-state index in [1.807, 2.05) is 0 Å². The van der Waals surface area contributed by atoms with Crippen LogP contribution in [0, 0.1) is 0 Å². The number of ketones is 1. The number of nitrogens with zero attached hydrogens (tertiary/aromatic N) is 2. The first kappa shape index (κ1) is 13.7. The quantitative estimate of drug-likeness (QED) is 0.636. The molecule has 1 heterocycles. The monoisotopic (exact) mass is 271 g/mol. The average Bonchev–Trinajstić information content (AvgIpc) is 2.47. The zero-order valence-corrected chi connectivity index (χ0v) is 10.8. The maximum absolute atomic E-state index is 11.7. The van der Waals surface area contributed by atoms with Gasteiger partial charge in [-0.2, -0.15) is 0 Å². The van der Waals surface area contributed by atoms with Gasteiger partial charge in [0.1, 0.15) is 18.6 Å². The van der Waals surface area contributed by atoms with Crippen molar-refractivity contribution in [3.8, 4) is 11.3 Å². The highest BCUT2D eigenvalue weighted by Gasteiger charge is 2.11. The van der Waals surface area contributed by atoms with Crippen molar-refractivity contribution in [2.45, 2.75) is 6.42 Å². The summed E-state index contributed by atoms with van der Waals surface area (Å²) in [5.41, 5.74) is 1.75. The molecular formula is C14H13N3O3. The SMILES string of the molecule is CNc1cc(-c2cccc(C(=O)CC(=O)O)c2)ncn1.